The molecule has 5 nitrogen and oxygen atoms in total. The Hall–Kier alpha value is -1.52. The van der Waals surface area contributed by atoms with Crippen molar-refractivity contribution in [3.63, 3.8) is 0 Å². The first-order chi connectivity index (χ1) is 8.74. The highest BCUT2D eigenvalue weighted by Crippen LogP contribution is 2.46. The smallest absolute Gasteiger partial charge is 0.295 e. The second-order valence-corrected chi connectivity index (χ2v) is 5.47. The number of hydrogen-bond donors (Lipinski definition) is 1. The largest absolute Gasteiger partial charge is 0.489 e. The molecule has 1 spiro atoms. The first kappa shape index (κ1) is 11.6. The van der Waals surface area contributed by atoms with Crippen molar-refractivity contribution in [2.24, 2.45) is 5.41 Å². The molecule has 98 valence electrons. The van der Waals surface area contributed by atoms with Gasteiger partial charge in [0.1, 0.15) is 0 Å². The van der Waals surface area contributed by atoms with Crippen molar-refractivity contribution in [3.05, 3.63) is 16.7 Å². The second kappa shape index (κ2) is 4.30. The van der Waals surface area contributed by atoms with Gasteiger partial charge in [-0.1, -0.05) is 12.8 Å². The number of nitrogens with zero attached hydrogens (tertiary/aromatic N) is 2. The highest BCUT2D eigenvalue weighted by Gasteiger charge is 2.41. The molecule has 0 amide bonds. The Balaban J connectivity index is 1.88. The van der Waals surface area contributed by atoms with E-state index in [0.29, 0.717) is 17.0 Å². The fourth-order valence-corrected chi connectivity index (χ4v) is 3.44. The van der Waals surface area contributed by atoms with E-state index in [9.17, 15) is 4.79 Å². The first-order valence-corrected chi connectivity index (χ1v) is 6.61. The fraction of sp³-hybridized carbons (Fsp3) is 0.692. The summed E-state index contributed by atoms with van der Waals surface area (Å²) >= 11 is 0. The first-order valence-electron chi connectivity index (χ1n) is 6.61. The average molecular weight is 249 g/mol. The predicted molar refractivity (Wildman–Crippen MR) is 69.1 cm³/mol. The van der Waals surface area contributed by atoms with Crippen LogP contribution in [0.1, 0.15) is 32.1 Å². The molecule has 0 atom stereocenters. The van der Waals surface area contributed by atoms with Gasteiger partial charge < -0.3 is 14.6 Å². The van der Waals surface area contributed by atoms with Gasteiger partial charge in [-0.2, -0.15) is 0 Å². The summed E-state index contributed by atoms with van der Waals surface area (Å²) in [5.41, 5.74) is 0.268. The second-order valence-electron chi connectivity index (χ2n) is 5.47. The molecule has 5 heteroatoms. The molecule has 0 unspecified atom stereocenters. The van der Waals surface area contributed by atoms with E-state index in [4.69, 9.17) is 4.74 Å². The Labute approximate surface area is 106 Å². The zero-order valence-corrected chi connectivity index (χ0v) is 10.7. The van der Waals surface area contributed by atoms with Gasteiger partial charge in [-0.25, -0.2) is 4.98 Å². The lowest BCUT2D eigenvalue weighted by atomic mass is 9.86. The van der Waals surface area contributed by atoms with E-state index in [0.717, 1.165) is 13.1 Å². The maximum Gasteiger partial charge on any atom is 0.295 e. The van der Waals surface area contributed by atoms with Gasteiger partial charge >= 0.3 is 0 Å². The SMILES string of the molecule is COc1c(N2CCC3(CCCC3)C2)nc[nH]c1=O. The Bertz CT molecular complexity index is 491. The van der Waals surface area contributed by atoms with Crippen molar-refractivity contribution < 1.29 is 4.74 Å². The van der Waals surface area contributed by atoms with Crippen molar-refractivity contribution >= 4 is 5.82 Å². The van der Waals surface area contributed by atoms with Crippen molar-refractivity contribution in [1.29, 1.82) is 0 Å². The molecular weight excluding hydrogens is 230 g/mol. The molecule has 3 rings (SSSR count). The number of aromatic nitrogens is 2. The minimum Gasteiger partial charge on any atom is -0.489 e. The molecule has 2 aliphatic rings. The van der Waals surface area contributed by atoms with Crippen LogP contribution in [0.4, 0.5) is 5.82 Å². The third kappa shape index (κ3) is 1.78. The van der Waals surface area contributed by atoms with Gasteiger partial charge in [-0.15, -0.1) is 0 Å². The van der Waals surface area contributed by atoms with Crippen molar-refractivity contribution in [3.8, 4) is 5.75 Å². The predicted octanol–water partition coefficient (Wildman–Crippen LogP) is 1.55. The van der Waals surface area contributed by atoms with Crippen LogP contribution in [0, 0.1) is 5.41 Å². The number of nitrogens with one attached hydrogen (secondary N) is 1. The molecule has 1 aromatic rings. The van der Waals surface area contributed by atoms with Gasteiger partial charge in [-0.3, -0.25) is 4.79 Å². The van der Waals surface area contributed by atoms with Gasteiger partial charge in [0, 0.05) is 13.1 Å². The van der Waals surface area contributed by atoms with Gasteiger partial charge in [-0.05, 0) is 24.7 Å². The Morgan fingerprint density at radius 3 is 2.89 bits per heavy atom. The van der Waals surface area contributed by atoms with Crippen LogP contribution in [0.2, 0.25) is 0 Å². The summed E-state index contributed by atoms with van der Waals surface area (Å²) in [4.78, 5) is 20.8. The minimum atomic E-state index is -0.199. The summed E-state index contributed by atoms with van der Waals surface area (Å²) in [6.45, 7) is 1.99. The van der Waals surface area contributed by atoms with E-state index < -0.39 is 0 Å². The van der Waals surface area contributed by atoms with Crippen LogP contribution in [0.5, 0.6) is 5.75 Å². The molecule has 1 saturated heterocycles. The Morgan fingerprint density at radius 1 is 1.39 bits per heavy atom. The molecule has 1 aromatic heterocycles. The molecule has 2 fully saturated rings. The lowest BCUT2D eigenvalue weighted by Gasteiger charge is -2.24. The number of hydrogen-bond acceptors (Lipinski definition) is 4. The lowest BCUT2D eigenvalue weighted by Crippen LogP contribution is -2.27. The number of methoxy groups -OCH3 is 1. The molecule has 1 N–H and O–H groups in total. The summed E-state index contributed by atoms with van der Waals surface area (Å²) in [5, 5.41) is 0. The van der Waals surface area contributed by atoms with Crippen molar-refractivity contribution in [2.75, 3.05) is 25.1 Å². The van der Waals surface area contributed by atoms with E-state index in [1.165, 1.54) is 45.5 Å². The van der Waals surface area contributed by atoms with Crippen LogP contribution < -0.4 is 15.2 Å². The fourth-order valence-electron chi connectivity index (χ4n) is 3.44. The van der Waals surface area contributed by atoms with Crippen LogP contribution in [0.3, 0.4) is 0 Å². The molecule has 0 radical (unpaired) electrons. The summed E-state index contributed by atoms with van der Waals surface area (Å²) in [6, 6.07) is 0. The van der Waals surface area contributed by atoms with E-state index in [2.05, 4.69) is 14.9 Å². The molecule has 2 heterocycles. The molecular formula is C13H19N3O2. The lowest BCUT2D eigenvalue weighted by molar-refractivity contribution is 0.340. The van der Waals surface area contributed by atoms with Crippen LogP contribution >= 0.6 is 0 Å². The van der Waals surface area contributed by atoms with Crippen LogP contribution in [-0.4, -0.2) is 30.2 Å². The van der Waals surface area contributed by atoms with Crippen LogP contribution in [0.15, 0.2) is 11.1 Å². The van der Waals surface area contributed by atoms with E-state index in [1.54, 1.807) is 0 Å². The number of rotatable bonds is 2. The maximum absolute atomic E-state index is 11.7. The summed E-state index contributed by atoms with van der Waals surface area (Å²) in [7, 11) is 1.52. The summed E-state index contributed by atoms with van der Waals surface area (Å²) < 4.78 is 5.19. The minimum absolute atomic E-state index is 0.199. The number of anilines is 1. The third-order valence-corrected chi connectivity index (χ3v) is 4.40. The van der Waals surface area contributed by atoms with E-state index in [-0.39, 0.29) is 5.56 Å². The standard InChI is InChI=1S/C13H19N3O2/c1-18-10-11(14-9-15-12(10)17)16-7-6-13(8-16)4-2-3-5-13/h9H,2-8H2,1H3,(H,14,15,17). The van der Waals surface area contributed by atoms with Crippen molar-refractivity contribution in [1.82, 2.24) is 9.97 Å². The van der Waals surface area contributed by atoms with E-state index >= 15 is 0 Å². The number of H-pyrrole nitrogens is 1. The highest BCUT2D eigenvalue weighted by molar-refractivity contribution is 5.51. The zero-order valence-electron chi connectivity index (χ0n) is 10.7. The van der Waals surface area contributed by atoms with Crippen molar-refractivity contribution in [2.45, 2.75) is 32.1 Å². The molecule has 0 bridgehead atoms. The maximum atomic E-state index is 11.7. The third-order valence-electron chi connectivity index (χ3n) is 4.40. The number of ether oxygens (including phenoxy) is 1. The van der Waals surface area contributed by atoms with Crippen LogP contribution in [0.25, 0.3) is 0 Å². The molecule has 1 saturated carbocycles. The van der Waals surface area contributed by atoms with E-state index in [1.807, 2.05) is 0 Å². The van der Waals surface area contributed by atoms with Crippen LogP contribution in [-0.2, 0) is 0 Å². The highest BCUT2D eigenvalue weighted by atomic mass is 16.5. The average Bonchev–Trinajstić information content (AvgIpc) is 3.00. The topological polar surface area (TPSA) is 58.2 Å². The Morgan fingerprint density at radius 2 is 2.17 bits per heavy atom. The van der Waals surface area contributed by atoms with Gasteiger partial charge in [0.2, 0.25) is 5.75 Å². The van der Waals surface area contributed by atoms with Gasteiger partial charge in [0.15, 0.2) is 5.82 Å². The summed E-state index contributed by atoms with van der Waals surface area (Å²) in [6.07, 6.45) is 7.98. The number of aromatic amines is 1. The Kier molecular flexibility index (Phi) is 2.76. The molecule has 1 aliphatic heterocycles. The monoisotopic (exact) mass is 249 g/mol. The zero-order chi connectivity index (χ0) is 12.6. The normalized spacial score (nSPS) is 21.7. The quantitative estimate of drug-likeness (QED) is 0.864. The summed E-state index contributed by atoms with van der Waals surface area (Å²) in [5.74, 6) is 1.04. The molecule has 18 heavy (non-hydrogen) atoms. The molecule has 1 aliphatic carbocycles. The van der Waals surface area contributed by atoms with Gasteiger partial charge in [0.05, 0.1) is 13.4 Å². The van der Waals surface area contributed by atoms with Gasteiger partial charge in [0.25, 0.3) is 5.56 Å². The molecule has 0 aromatic carbocycles.